The van der Waals surface area contributed by atoms with Gasteiger partial charge in [-0.1, -0.05) is 0 Å². The summed E-state index contributed by atoms with van der Waals surface area (Å²) >= 11 is 0. The molecule has 0 fully saturated rings. The fourth-order valence-corrected chi connectivity index (χ4v) is 0.446. The third-order valence-corrected chi connectivity index (χ3v) is 1.14. The molecule has 0 saturated heterocycles. The van der Waals surface area contributed by atoms with E-state index in [9.17, 15) is 9.59 Å². The molecule has 1 unspecified atom stereocenters. The number of carboxylic acid groups (broad SMARTS) is 1. The van der Waals surface area contributed by atoms with Crippen LogP contribution in [0, 0.1) is 0 Å². The summed E-state index contributed by atoms with van der Waals surface area (Å²) in [6, 6.07) is -1.57. The van der Waals surface area contributed by atoms with Crippen LogP contribution in [0.2, 0.25) is 0 Å². The Bertz CT molecular complexity index is 170. The normalized spacial score (nSPS) is 15.2. The Morgan fingerprint density at radius 2 is 2.00 bits per heavy atom. The molecule has 64 valence electrons. The first-order valence-electron chi connectivity index (χ1n) is 2.88. The van der Waals surface area contributed by atoms with Gasteiger partial charge in [0.1, 0.15) is 6.04 Å². The van der Waals surface area contributed by atoms with E-state index < -0.39 is 24.0 Å². The topological polar surface area (TPSA) is 113 Å². The number of hydrogen-bond donors (Lipinski definition) is 4. The summed E-state index contributed by atoms with van der Waals surface area (Å²) in [6.45, 7) is 0. The number of carbonyl (C=O) groups excluding carboxylic acids is 1. The first-order valence-corrected chi connectivity index (χ1v) is 2.88. The lowest BCUT2D eigenvalue weighted by Crippen LogP contribution is -2.49. The summed E-state index contributed by atoms with van der Waals surface area (Å²) < 4.78 is 0. The van der Waals surface area contributed by atoms with Gasteiger partial charge in [0.25, 0.3) is 5.91 Å². The Morgan fingerprint density at radius 1 is 1.55 bits per heavy atom. The van der Waals surface area contributed by atoms with Crippen molar-refractivity contribution in [3.63, 3.8) is 0 Å². The van der Waals surface area contributed by atoms with Crippen molar-refractivity contribution in [2.75, 3.05) is 7.05 Å². The van der Waals surface area contributed by atoms with Gasteiger partial charge in [-0.2, -0.15) is 0 Å². The van der Waals surface area contributed by atoms with E-state index in [-0.39, 0.29) is 0 Å². The summed E-state index contributed by atoms with van der Waals surface area (Å²) in [7, 11) is 1.28. The number of likely N-dealkylation sites (N-methyl/N-ethyl adjacent to an activating group) is 1. The number of hydrogen-bond acceptors (Lipinski definition) is 4. The molecule has 0 rings (SSSR count). The average molecular weight is 162 g/mol. The Kier molecular flexibility index (Phi) is 3.49. The van der Waals surface area contributed by atoms with E-state index in [0.29, 0.717) is 0 Å². The number of aliphatic carboxylic acids is 1. The lowest BCUT2D eigenvalue weighted by atomic mass is 10.1. The number of nitrogens with one attached hydrogen (secondary N) is 1. The highest BCUT2D eigenvalue weighted by molar-refractivity contribution is 5.88. The number of carbonyl (C=O) groups is 2. The second kappa shape index (κ2) is 3.89. The molecule has 0 aromatic carbocycles. The van der Waals surface area contributed by atoms with Crippen molar-refractivity contribution in [2.45, 2.75) is 12.1 Å². The van der Waals surface area contributed by atoms with Gasteiger partial charge >= 0.3 is 5.97 Å². The van der Waals surface area contributed by atoms with Gasteiger partial charge in [-0.3, -0.25) is 9.59 Å². The molecule has 0 spiro atoms. The van der Waals surface area contributed by atoms with E-state index >= 15 is 0 Å². The van der Waals surface area contributed by atoms with Crippen LogP contribution < -0.4 is 11.1 Å². The van der Waals surface area contributed by atoms with Crippen LogP contribution in [0.25, 0.3) is 0 Å². The highest BCUT2D eigenvalue weighted by Crippen LogP contribution is 1.89. The van der Waals surface area contributed by atoms with E-state index in [1.807, 2.05) is 0 Å². The summed E-state index contributed by atoms with van der Waals surface area (Å²) in [6.07, 6.45) is -1.70. The fourth-order valence-electron chi connectivity index (χ4n) is 0.446. The molecule has 2 atom stereocenters. The van der Waals surface area contributed by atoms with E-state index in [4.69, 9.17) is 15.9 Å². The molecule has 0 aliphatic heterocycles. The quantitative estimate of drug-likeness (QED) is 0.366. The first kappa shape index (κ1) is 9.86. The molecule has 11 heavy (non-hydrogen) atoms. The van der Waals surface area contributed by atoms with Crippen molar-refractivity contribution in [1.29, 1.82) is 0 Å². The molecule has 0 bridgehead atoms. The second-order valence-electron chi connectivity index (χ2n) is 1.92. The molecule has 0 aliphatic carbocycles. The van der Waals surface area contributed by atoms with E-state index in [2.05, 4.69) is 5.32 Å². The van der Waals surface area contributed by atoms with Crippen LogP contribution in [0.1, 0.15) is 0 Å². The number of nitrogens with two attached hydrogens (primary N) is 1. The zero-order valence-electron chi connectivity index (χ0n) is 5.94. The van der Waals surface area contributed by atoms with Gasteiger partial charge in [0.15, 0.2) is 6.10 Å². The standard InChI is InChI=1S/C5H10N2O4/c1-7-4(9)3(8)2(6)5(10)11/h2-3,8H,6H2,1H3,(H,7,9)(H,10,11)/t2-,3?/m1/s1. The van der Waals surface area contributed by atoms with Crippen molar-refractivity contribution in [1.82, 2.24) is 5.32 Å². The molecule has 1 amide bonds. The Morgan fingerprint density at radius 3 is 2.27 bits per heavy atom. The third-order valence-electron chi connectivity index (χ3n) is 1.14. The number of aliphatic hydroxyl groups is 1. The van der Waals surface area contributed by atoms with Crippen LogP contribution in [0.15, 0.2) is 0 Å². The molecule has 6 nitrogen and oxygen atoms in total. The van der Waals surface area contributed by atoms with Gasteiger partial charge in [0, 0.05) is 7.05 Å². The van der Waals surface area contributed by atoms with Gasteiger partial charge in [-0.25, -0.2) is 0 Å². The number of amides is 1. The predicted molar refractivity (Wildman–Crippen MR) is 35.7 cm³/mol. The maximum atomic E-state index is 10.6. The molecule has 5 N–H and O–H groups in total. The third kappa shape index (κ3) is 2.52. The lowest BCUT2D eigenvalue weighted by molar-refractivity contribution is -0.145. The van der Waals surface area contributed by atoms with Crippen LogP contribution in [0.5, 0.6) is 0 Å². The van der Waals surface area contributed by atoms with Gasteiger partial charge in [-0.05, 0) is 0 Å². The molecule has 0 saturated carbocycles. The summed E-state index contributed by atoms with van der Waals surface area (Å²) in [4.78, 5) is 20.6. The summed E-state index contributed by atoms with van der Waals surface area (Å²) in [5, 5.41) is 19.1. The smallest absolute Gasteiger partial charge is 0.323 e. The molecular weight excluding hydrogens is 152 g/mol. The van der Waals surface area contributed by atoms with Crippen LogP contribution in [-0.4, -0.2) is 41.3 Å². The zero-order valence-corrected chi connectivity index (χ0v) is 5.94. The average Bonchev–Trinajstić information content (AvgIpc) is 2.00. The Labute approximate surface area is 63.0 Å². The van der Waals surface area contributed by atoms with Crippen molar-refractivity contribution in [2.24, 2.45) is 5.73 Å². The molecule has 0 radical (unpaired) electrons. The maximum absolute atomic E-state index is 10.6. The van der Waals surface area contributed by atoms with Gasteiger partial charge in [-0.15, -0.1) is 0 Å². The molecule has 6 heteroatoms. The van der Waals surface area contributed by atoms with E-state index in [1.54, 1.807) is 0 Å². The fraction of sp³-hybridized carbons (Fsp3) is 0.600. The summed E-state index contributed by atoms with van der Waals surface area (Å²) in [5.41, 5.74) is 4.93. The van der Waals surface area contributed by atoms with Crippen LogP contribution in [0.3, 0.4) is 0 Å². The lowest BCUT2D eigenvalue weighted by Gasteiger charge is -2.12. The predicted octanol–water partition coefficient (Wildman–Crippen LogP) is -2.49. The number of rotatable bonds is 3. The molecular formula is C5H10N2O4. The highest BCUT2D eigenvalue weighted by Gasteiger charge is 2.27. The number of carboxylic acids is 1. The van der Waals surface area contributed by atoms with E-state index in [0.717, 1.165) is 0 Å². The largest absolute Gasteiger partial charge is 0.480 e. The van der Waals surface area contributed by atoms with Gasteiger partial charge in [0.2, 0.25) is 0 Å². The SMILES string of the molecule is CNC(=O)C(O)[C@@H](N)C(=O)O. The Hall–Kier alpha value is -1.14. The van der Waals surface area contributed by atoms with E-state index in [1.165, 1.54) is 7.05 Å². The Balaban J connectivity index is 4.12. The minimum absolute atomic E-state index is 0.806. The minimum Gasteiger partial charge on any atom is -0.480 e. The highest BCUT2D eigenvalue weighted by atomic mass is 16.4. The first-order chi connectivity index (χ1) is 5.00. The van der Waals surface area contributed by atoms with Crippen LogP contribution in [-0.2, 0) is 9.59 Å². The van der Waals surface area contributed by atoms with Crippen molar-refractivity contribution >= 4 is 11.9 Å². The van der Waals surface area contributed by atoms with Crippen molar-refractivity contribution < 1.29 is 19.8 Å². The molecule has 0 aliphatic rings. The molecule has 0 aromatic rings. The second-order valence-corrected chi connectivity index (χ2v) is 1.92. The van der Waals surface area contributed by atoms with Gasteiger partial charge < -0.3 is 21.3 Å². The monoisotopic (exact) mass is 162 g/mol. The molecule has 0 aromatic heterocycles. The van der Waals surface area contributed by atoms with Crippen molar-refractivity contribution in [3.05, 3.63) is 0 Å². The van der Waals surface area contributed by atoms with Crippen LogP contribution >= 0.6 is 0 Å². The van der Waals surface area contributed by atoms with Crippen LogP contribution in [0.4, 0.5) is 0 Å². The minimum atomic E-state index is -1.70. The maximum Gasteiger partial charge on any atom is 0.323 e. The summed E-state index contributed by atoms with van der Waals surface area (Å²) in [5.74, 6) is -2.22. The van der Waals surface area contributed by atoms with Crippen molar-refractivity contribution in [3.8, 4) is 0 Å². The number of aliphatic hydroxyl groups excluding tert-OH is 1. The van der Waals surface area contributed by atoms with Gasteiger partial charge in [0.05, 0.1) is 0 Å². The zero-order chi connectivity index (χ0) is 9.02. The molecule has 0 heterocycles.